The molecule has 2 N–H and O–H groups in total. The molecule has 0 atom stereocenters. The maximum absolute atomic E-state index is 5.87. The highest BCUT2D eigenvalue weighted by atomic mass is 32.2. The fraction of sp³-hybridized carbons (Fsp3) is 0.571. The number of benzene rings is 1. The van der Waals surface area contributed by atoms with Gasteiger partial charge in [0.1, 0.15) is 5.75 Å². The third-order valence-electron chi connectivity index (χ3n) is 2.46. The van der Waals surface area contributed by atoms with Gasteiger partial charge in [-0.15, -0.1) is 11.8 Å². The van der Waals surface area contributed by atoms with Crippen LogP contribution in [0, 0.1) is 0 Å². The quantitative estimate of drug-likeness (QED) is 0.425. The molecule has 0 amide bonds. The highest BCUT2D eigenvalue weighted by Crippen LogP contribution is 2.29. The van der Waals surface area contributed by atoms with E-state index in [1.54, 1.807) is 0 Å². The van der Waals surface area contributed by atoms with Crippen LogP contribution in [0.25, 0.3) is 0 Å². The number of hydrogen-bond acceptors (Lipinski definition) is 3. The van der Waals surface area contributed by atoms with Crippen molar-refractivity contribution in [3.63, 3.8) is 0 Å². The van der Waals surface area contributed by atoms with Crippen LogP contribution in [-0.4, -0.2) is 12.4 Å². The molecule has 3 heteroatoms. The lowest BCUT2D eigenvalue weighted by Gasteiger charge is -2.09. The second kappa shape index (κ2) is 8.29. The largest absolute Gasteiger partial charge is 0.491 e. The molecule has 0 aliphatic heterocycles. The van der Waals surface area contributed by atoms with Gasteiger partial charge < -0.3 is 10.5 Å². The fourth-order valence-electron chi connectivity index (χ4n) is 1.48. The van der Waals surface area contributed by atoms with Crippen LogP contribution in [0.1, 0.15) is 39.5 Å². The molecule has 0 bridgehead atoms. The number of nitrogen functional groups attached to an aromatic ring is 1. The van der Waals surface area contributed by atoms with Crippen LogP contribution in [0.2, 0.25) is 0 Å². The van der Waals surface area contributed by atoms with Crippen LogP contribution in [0.4, 0.5) is 5.69 Å². The van der Waals surface area contributed by atoms with Crippen molar-refractivity contribution >= 4 is 17.4 Å². The van der Waals surface area contributed by atoms with Crippen molar-refractivity contribution in [1.82, 2.24) is 0 Å². The SMILES string of the molecule is CCCCCSc1ccc(N)c(OCCC)c1. The lowest BCUT2D eigenvalue weighted by molar-refractivity contribution is 0.318. The van der Waals surface area contributed by atoms with Gasteiger partial charge in [-0.3, -0.25) is 0 Å². The fourth-order valence-corrected chi connectivity index (χ4v) is 2.42. The maximum atomic E-state index is 5.87. The highest BCUT2D eigenvalue weighted by molar-refractivity contribution is 7.99. The molecule has 0 aromatic heterocycles. The van der Waals surface area contributed by atoms with Gasteiger partial charge >= 0.3 is 0 Å². The molecule has 0 aliphatic rings. The van der Waals surface area contributed by atoms with Crippen LogP contribution >= 0.6 is 11.8 Å². The average molecular weight is 253 g/mol. The van der Waals surface area contributed by atoms with E-state index >= 15 is 0 Å². The molecule has 0 saturated heterocycles. The first-order valence-electron chi connectivity index (χ1n) is 6.43. The lowest BCUT2D eigenvalue weighted by Crippen LogP contribution is -1.99. The van der Waals surface area contributed by atoms with Gasteiger partial charge in [-0.2, -0.15) is 0 Å². The predicted molar refractivity (Wildman–Crippen MR) is 76.9 cm³/mol. The molecule has 0 fully saturated rings. The molecule has 17 heavy (non-hydrogen) atoms. The van der Waals surface area contributed by atoms with Gasteiger partial charge in [-0.05, 0) is 36.8 Å². The summed E-state index contributed by atoms with van der Waals surface area (Å²) in [5, 5.41) is 0. The molecule has 2 nitrogen and oxygen atoms in total. The van der Waals surface area contributed by atoms with Crippen LogP contribution in [0.5, 0.6) is 5.75 Å². The summed E-state index contributed by atoms with van der Waals surface area (Å²) in [4.78, 5) is 1.25. The first kappa shape index (κ1) is 14.2. The molecule has 0 spiro atoms. The number of thioether (sulfide) groups is 1. The normalized spacial score (nSPS) is 10.5. The molecule has 1 aromatic carbocycles. The molecule has 1 aromatic rings. The van der Waals surface area contributed by atoms with Crippen molar-refractivity contribution in [2.45, 2.75) is 44.4 Å². The summed E-state index contributed by atoms with van der Waals surface area (Å²) in [6.07, 6.45) is 4.86. The summed E-state index contributed by atoms with van der Waals surface area (Å²) >= 11 is 1.88. The van der Waals surface area contributed by atoms with E-state index in [1.807, 2.05) is 17.8 Å². The van der Waals surface area contributed by atoms with E-state index in [-0.39, 0.29) is 0 Å². The number of hydrogen-bond donors (Lipinski definition) is 1. The Morgan fingerprint density at radius 1 is 1.18 bits per heavy atom. The zero-order valence-electron chi connectivity index (χ0n) is 10.9. The Morgan fingerprint density at radius 3 is 2.71 bits per heavy atom. The second-order valence-electron chi connectivity index (χ2n) is 4.10. The van der Waals surface area contributed by atoms with Crippen LogP contribution < -0.4 is 10.5 Å². The minimum Gasteiger partial charge on any atom is -0.491 e. The van der Waals surface area contributed by atoms with E-state index < -0.39 is 0 Å². The van der Waals surface area contributed by atoms with E-state index in [4.69, 9.17) is 10.5 Å². The number of anilines is 1. The third kappa shape index (κ3) is 5.35. The Balaban J connectivity index is 2.49. The smallest absolute Gasteiger partial charge is 0.143 e. The Bertz CT molecular complexity index is 328. The minimum absolute atomic E-state index is 0.730. The van der Waals surface area contributed by atoms with Crippen molar-refractivity contribution < 1.29 is 4.74 Å². The zero-order valence-corrected chi connectivity index (χ0v) is 11.7. The molecule has 0 heterocycles. The van der Waals surface area contributed by atoms with Crippen LogP contribution in [0.15, 0.2) is 23.1 Å². The second-order valence-corrected chi connectivity index (χ2v) is 5.27. The summed E-state index contributed by atoms with van der Waals surface area (Å²) < 4.78 is 5.62. The van der Waals surface area contributed by atoms with E-state index in [2.05, 4.69) is 26.0 Å². The topological polar surface area (TPSA) is 35.2 Å². The van der Waals surface area contributed by atoms with Gasteiger partial charge in [-0.25, -0.2) is 0 Å². The number of ether oxygens (including phenoxy) is 1. The summed E-state index contributed by atoms with van der Waals surface area (Å²) in [5.74, 6) is 2.00. The van der Waals surface area contributed by atoms with Gasteiger partial charge in [0, 0.05) is 4.90 Å². The third-order valence-corrected chi connectivity index (χ3v) is 3.54. The predicted octanol–water partition coefficient (Wildman–Crippen LogP) is 4.34. The van der Waals surface area contributed by atoms with Crippen molar-refractivity contribution in [1.29, 1.82) is 0 Å². The molecular weight excluding hydrogens is 230 g/mol. The molecule has 0 unspecified atom stereocenters. The summed E-state index contributed by atoms with van der Waals surface area (Å²) in [5.41, 5.74) is 6.61. The van der Waals surface area contributed by atoms with Gasteiger partial charge in [0.15, 0.2) is 0 Å². The van der Waals surface area contributed by atoms with E-state index in [9.17, 15) is 0 Å². The Kier molecular flexibility index (Phi) is 6.94. The average Bonchev–Trinajstić information content (AvgIpc) is 2.35. The monoisotopic (exact) mass is 253 g/mol. The number of unbranched alkanes of at least 4 members (excludes halogenated alkanes) is 2. The molecule has 96 valence electrons. The van der Waals surface area contributed by atoms with E-state index in [0.29, 0.717) is 0 Å². The Hall–Kier alpha value is -0.830. The standard InChI is InChI=1S/C14H23NOS/c1-3-5-6-10-17-12-7-8-13(15)14(11-12)16-9-4-2/h7-8,11H,3-6,9-10,15H2,1-2H3. The molecular formula is C14H23NOS. The summed E-state index contributed by atoms with van der Waals surface area (Å²) in [6, 6.07) is 6.07. The molecule has 0 saturated carbocycles. The summed E-state index contributed by atoms with van der Waals surface area (Å²) in [6.45, 7) is 5.05. The molecule has 0 aliphatic carbocycles. The Morgan fingerprint density at radius 2 is 2.00 bits per heavy atom. The first-order chi connectivity index (χ1) is 8.27. The van der Waals surface area contributed by atoms with Crippen LogP contribution in [0.3, 0.4) is 0 Å². The van der Waals surface area contributed by atoms with Crippen molar-refractivity contribution in [2.75, 3.05) is 18.1 Å². The number of nitrogens with two attached hydrogens (primary N) is 1. The van der Waals surface area contributed by atoms with Crippen molar-refractivity contribution in [3.8, 4) is 5.75 Å². The van der Waals surface area contributed by atoms with Crippen LogP contribution in [-0.2, 0) is 0 Å². The molecule has 0 radical (unpaired) electrons. The molecule has 1 rings (SSSR count). The van der Waals surface area contributed by atoms with Gasteiger partial charge in [0.25, 0.3) is 0 Å². The highest BCUT2D eigenvalue weighted by Gasteiger charge is 2.02. The lowest BCUT2D eigenvalue weighted by atomic mass is 10.3. The van der Waals surface area contributed by atoms with Crippen molar-refractivity contribution in [3.05, 3.63) is 18.2 Å². The minimum atomic E-state index is 0.730. The van der Waals surface area contributed by atoms with Gasteiger partial charge in [0.2, 0.25) is 0 Å². The van der Waals surface area contributed by atoms with E-state index in [0.717, 1.165) is 24.5 Å². The Labute approximate surface area is 109 Å². The summed E-state index contributed by atoms with van der Waals surface area (Å²) in [7, 11) is 0. The maximum Gasteiger partial charge on any atom is 0.143 e. The van der Waals surface area contributed by atoms with E-state index in [1.165, 1.54) is 29.9 Å². The van der Waals surface area contributed by atoms with Gasteiger partial charge in [0.05, 0.1) is 12.3 Å². The van der Waals surface area contributed by atoms with Crippen molar-refractivity contribution in [2.24, 2.45) is 0 Å². The first-order valence-corrected chi connectivity index (χ1v) is 7.41. The zero-order chi connectivity index (χ0) is 12.5. The number of rotatable bonds is 8. The van der Waals surface area contributed by atoms with Gasteiger partial charge in [-0.1, -0.05) is 26.7 Å².